The molecule has 1 fully saturated rings. The summed E-state index contributed by atoms with van der Waals surface area (Å²) in [5.74, 6) is 0.799. The molecule has 0 bridgehead atoms. The topological polar surface area (TPSA) is 83.6 Å². The number of para-hydroxylation sites is 1. The molecular formula is C20H19N5OS2. The first-order valence-electron chi connectivity index (χ1n) is 9.08. The molecule has 8 heteroatoms. The molecule has 2 heterocycles. The van der Waals surface area contributed by atoms with Gasteiger partial charge < -0.3 is 9.88 Å². The van der Waals surface area contributed by atoms with E-state index >= 15 is 0 Å². The molecule has 142 valence electrons. The van der Waals surface area contributed by atoms with Crippen LogP contribution in [0.4, 0.5) is 5.69 Å². The van der Waals surface area contributed by atoms with Gasteiger partial charge in [0.2, 0.25) is 5.91 Å². The number of hydrogen-bond acceptors (Lipinski definition) is 6. The normalized spacial score (nSPS) is 14.4. The average molecular weight is 410 g/mol. The van der Waals surface area contributed by atoms with Crippen LogP contribution in [0, 0.1) is 11.3 Å². The predicted octanol–water partition coefficient (Wildman–Crippen LogP) is 4.26. The van der Waals surface area contributed by atoms with Gasteiger partial charge in [-0.3, -0.25) is 4.79 Å². The summed E-state index contributed by atoms with van der Waals surface area (Å²) in [7, 11) is 0. The number of nitrogens with one attached hydrogen (secondary N) is 1. The zero-order valence-electron chi connectivity index (χ0n) is 15.3. The molecule has 1 aliphatic carbocycles. The quantitative estimate of drug-likeness (QED) is 0.590. The zero-order valence-corrected chi connectivity index (χ0v) is 17.0. The van der Waals surface area contributed by atoms with Crippen molar-refractivity contribution in [3.8, 4) is 6.07 Å². The van der Waals surface area contributed by atoms with Crippen LogP contribution < -0.4 is 5.32 Å². The molecule has 6 nitrogen and oxygen atoms in total. The van der Waals surface area contributed by atoms with E-state index in [-0.39, 0.29) is 11.2 Å². The lowest BCUT2D eigenvalue weighted by atomic mass is 10.2. The minimum Gasteiger partial charge on any atom is -0.324 e. The van der Waals surface area contributed by atoms with Crippen LogP contribution >= 0.6 is 23.1 Å². The Kier molecular flexibility index (Phi) is 5.46. The number of carbonyl (C=O) groups excluding carboxylic acids is 1. The number of nitrogens with zero attached hydrogens (tertiary/aromatic N) is 4. The molecule has 1 N–H and O–H groups in total. The van der Waals surface area contributed by atoms with Gasteiger partial charge in [-0.25, -0.2) is 0 Å². The minimum absolute atomic E-state index is 0.155. The van der Waals surface area contributed by atoms with Crippen molar-refractivity contribution in [2.45, 2.75) is 42.6 Å². The number of aromatic nitrogens is 3. The highest BCUT2D eigenvalue weighted by Gasteiger charge is 2.31. The maximum absolute atomic E-state index is 12.6. The second-order valence-corrected chi connectivity index (χ2v) is 9.00. The molecule has 2 aromatic heterocycles. The molecule has 1 saturated carbocycles. The van der Waals surface area contributed by atoms with Gasteiger partial charge in [-0.2, -0.15) is 5.26 Å². The van der Waals surface area contributed by atoms with Gasteiger partial charge in [0, 0.05) is 17.3 Å². The van der Waals surface area contributed by atoms with Crippen molar-refractivity contribution in [1.82, 2.24) is 14.8 Å². The molecule has 3 aromatic rings. The van der Waals surface area contributed by atoms with Crippen LogP contribution in [-0.4, -0.2) is 25.9 Å². The summed E-state index contributed by atoms with van der Waals surface area (Å²) in [6.07, 6.45) is 3.01. The number of thiophene rings is 1. The number of benzene rings is 1. The van der Waals surface area contributed by atoms with E-state index in [1.165, 1.54) is 16.6 Å². The maximum atomic E-state index is 12.6. The van der Waals surface area contributed by atoms with Gasteiger partial charge >= 0.3 is 0 Å². The van der Waals surface area contributed by atoms with E-state index in [0.717, 1.165) is 30.2 Å². The van der Waals surface area contributed by atoms with E-state index < -0.39 is 0 Å². The fourth-order valence-electron chi connectivity index (χ4n) is 2.91. The number of amides is 1. The Bertz CT molecular complexity index is 1020. The van der Waals surface area contributed by atoms with Crippen molar-refractivity contribution in [2.75, 3.05) is 5.32 Å². The molecule has 0 unspecified atom stereocenters. The van der Waals surface area contributed by atoms with Crippen LogP contribution in [0.25, 0.3) is 0 Å². The van der Waals surface area contributed by atoms with Crippen LogP contribution in [0.5, 0.6) is 0 Å². The minimum atomic E-state index is -0.358. The Balaban J connectivity index is 1.48. The van der Waals surface area contributed by atoms with E-state index in [4.69, 9.17) is 0 Å². The average Bonchev–Trinajstić information content (AvgIpc) is 3.26. The third-order valence-corrected chi connectivity index (χ3v) is 6.45. The van der Waals surface area contributed by atoms with Crippen molar-refractivity contribution in [1.29, 1.82) is 5.26 Å². The first kappa shape index (κ1) is 18.7. The highest BCUT2D eigenvalue weighted by molar-refractivity contribution is 8.00. The van der Waals surface area contributed by atoms with Crippen LogP contribution in [-0.2, 0) is 11.2 Å². The lowest BCUT2D eigenvalue weighted by molar-refractivity contribution is -0.115. The van der Waals surface area contributed by atoms with Crippen molar-refractivity contribution < 1.29 is 4.79 Å². The zero-order chi connectivity index (χ0) is 19.5. The van der Waals surface area contributed by atoms with E-state index in [1.807, 2.05) is 13.0 Å². The second kappa shape index (κ2) is 8.17. The summed E-state index contributed by atoms with van der Waals surface area (Å²) in [6, 6.07) is 13.7. The van der Waals surface area contributed by atoms with E-state index in [9.17, 15) is 10.1 Å². The molecule has 1 aromatic carbocycles. The molecular weight excluding hydrogens is 390 g/mol. The van der Waals surface area contributed by atoms with Gasteiger partial charge in [0.1, 0.15) is 11.9 Å². The number of thioether (sulfide) groups is 1. The molecule has 0 spiro atoms. The van der Waals surface area contributed by atoms with Gasteiger partial charge in [-0.15, -0.1) is 21.5 Å². The summed E-state index contributed by atoms with van der Waals surface area (Å²) in [5, 5.41) is 23.3. The molecule has 0 aliphatic heterocycles. The monoisotopic (exact) mass is 409 g/mol. The Morgan fingerprint density at radius 3 is 2.89 bits per heavy atom. The number of carbonyl (C=O) groups is 1. The van der Waals surface area contributed by atoms with E-state index in [0.29, 0.717) is 17.3 Å². The lowest BCUT2D eigenvalue weighted by Crippen LogP contribution is -2.23. The first-order chi connectivity index (χ1) is 13.7. The number of rotatable bonds is 7. The summed E-state index contributed by atoms with van der Waals surface area (Å²) in [6.45, 7) is 1.85. The SMILES string of the molecule is C[C@@H](Sc1nnc(Cc2cccs2)n1C1CC1)C(=O)Nc1ccccc1C#N. The summed E-state index contributed by atoms with van der Waals surface area (Å²) in [5.41, 5.74) is 0.983. The fraction of sp³-hybridized carbons (Fsp3) is 0.300. The van der Waals surface area contributed by atoms with Crippen molar-refractivity contribution in [2.24, 2.45) is 0 Å². The molecule has 1 aliphatic rings. The third kappa shape index (κ3) is 4.11. The summed E-state index contributed by atoms with van der Waals surface area (Å²) < 4.78 is 2.19. The standard InChI is InChI=1S/C20H19N5OS2/c1-13(19(26)22-17-7-3-2-5-14(17)12-21)28-20-24-23-18(25(20)15-8-9-15)11-16-6-4-10-27-16/h2-7,10,13,15H,8-9,11H2,1H3,(H,22,26)/t13-/m1/s1. The Morgan fingerprint density at radius 2 is 2.18 bits per heavy atom. The largest absolute Gasteiger partial charge is 0.324 e. The number of hydrogen-bond donors (Lipinski definition) is 1. The van der Waals surface area contributed by atoms with Crippen molar-refractivity contribution in [3.05, 3.63) is 58.0 Å². The molecule has 28 heavy (non-hydrogen) atoms. The van der Waals surface area contributed by atoms with Crippen molar-refractivity contribution in [3.63, 3.8) is 0 Å². The highest BCUT2D eigenvalue weighted by Crippen LogP contribution is 2.40. The van der Waals surface area contributed by atoms with Gasteiger partial charge in [0.05, 0.1) is 16.5 Å². The molecule has 0 saturated heterocycles. The van der Waals surface area contributed by atoms with Crippen LogP contribution in [0.1, 0.15) is 42.1 Å². The third-order valence-electron chi connectivity index (χ3n) is 4.52. The van der Waals surface area contributed by atoms with Gasteiger partial charge in [-0.1, -0.05) is 30.0 Å². The Hall–Kier alpha value is -2.63. The molecule has 1 atom stereocenters. The van der Waals surface area contributed by atoms with E-state index in [1.54, 1.807) is 35.6 Å². The molecule has 0 radical (unpaired) electrons. The molecule has 4 rings (SSSR count). The van der Waals surface area contributed by atoms with E-state index in [2.05, 4.69) is 37.6 Å². The van der Waals surface area contributed by atoms with Gasteiger partial charge in [0.25, 0.3) is 0 Å². The smallest absolute Gasteiger partial charge is 0.237 e. The predicted molar refractivity (Wildman–Crippen MR) is 111 cm³/mol. The Labute approximate surface area is 171 Å². The van der Waals surface area contributed by atoms with Crippen LogP contribution in [0.15, 0.2) is 46.9 Å². The summed E-state index contributed by atoms with van der Waals surface area (Å²) in [4.78, 5) is 13.9. The van der Waals surface area contributed by atoms with Crippen molar-refractivity contribution >= 4 is 34.7 Å². The highest BCUT2D eigenvalue weighted by atomic mass is 32.2. The van der Waals surface area contributed by atoms with Gasteiger partial charge in [-0.05, 0) is 43.3 Å². The first-order valence-corrected chi connectivity index (χ1v) is 10.8. The lowest BCUT2D eigenvalue weighted by Gasteiger charge is -2.14. The number of nitriles is 1. The number of anilines is 1. The summed E-state index contributed by atoms with van der Waals surface area (Å²) >= 11 is 3.12. The fourth-order valence-corrected chi connectivity index (χ4v) is 4.55. The Morgan fingerprint density at radius 1 is 1.36 bits per heavy atom. The van der Waals surface area contributed by atoms with Crippen LogP contribution in [0.3, 0.4) is 0 Å². The van der Waals surface area contributed by atoms with Gasteiger partial charge in [0.15, 0.2) is 5.16 Å². The second-order valence-electron chi connectivity index (χ2n) is 6.66. The molecule has 1 amide bonds. The van der Waals surface area contributed by atoms with Crippen LogP contribution in [0.2, 0.25) is 0 Å². The maximum Gasteiger partial charge on any atom is 0.237 e.